The molecule has 0 spiro atoms. The highest BCUT2D eigenvalue weighted by Gasteiger charge is 2.38. The maximum absolute atomic E-state index is 14.0. The predicted octanol–water partition coefficient (Wildman–Crippen LogP) is 3.47. The first-order valence-corrected chi connectivity index (χ1v) is 12.3. The lowest BCUT2D eigenvalue weighted by atomic mass is 10.00. The van der Waals surface area contributed by atoms with E-state index >= 15 is 0 Å². The first-order valence-electron chi connectivity index (χ1n) is 12.3. The number of nitriles is 1. The summed E-state index contributed by atoms with van der Waals surface area (Å²) in [7, 11) is 1.62. The molecule has 0 aromatic carbocycles. The molecule has 2 N–H and O–H groups in total. The Morgan fingerprint density at radius 2 is 1.97 bits per heavy atom. The number of piperidine rings is 1. The highest BCUT2D eigenvalue weighted by Crippen LogP contribution is 2.40. The number of carbonyl (C=O) groups is 1. The lowest BCUT2D eigenvalue weighted by Crippen LogP contribution is -2.30. The second kappa shape index (κ2) is 8.98. The van der Waals surface area contributed by atoms with Gasteiger partial charge in [-0.2, -0.15) is 28.6 Å². The molecule has 6 heterocycles. The van der Waals surface area contributed by atoms with Crippen LogP contribution in [0, 0.1) is 11.3 Å². The predicted molar refractivity (Wildman–Crippen MR) is 130 cm³/mol. The highest BCUT2D eigenvalue weighted by atomic mass is 19.4. The largest absolute Gasteiger partial charge is 0.435 e. The third-order valence-corrected chi connectivity index (χ3v) is 7.25. The van der Waals surface area contributed by atoms with Gasteiger partial charge < -0.3 is 15.2 Å². The Hall–Kier alpha value is -4.18. The zero-order valence-corrected chi connectivity index (χ0v) is 20.5. The minimum atomic E-state index is -4.69. The molecule has 4 aromatic rings. The zero-order chi connectivity index (χ0) is 26.6. The van der Waals surface area contributed by atoms with Gasteiger partial charge in [-0.05, 0) is 32.0 Å². The van der Waals surface area contributed by atoms with E-state index in [0.717, 1.165) is 30.6 Å². The molecule has 2 aliphatic rings. The van der Waals surface area contributed by atoms with Gasteiger partial charge in [0.2, 0.25) is 5.91 Å². The molecule has 4 aromatic heterocycles. The van der Waals surface area contributed by atoms with Crippen LogP contribution in [-0.2, 0) is 24.1 Å². The second-order valence-corrected chi connectivity index (χ2v) is 9.68. The summed E-state index contributed by atoms with van der Waals surface area (Å²) in [5.41, 5.74) is 1.54. The van der Waals surface area contributed by atoms with Crippen LogP contribution in [0.3, 0.4) is 0 Å². The Balaban J connectivity index is 1.60. The summed E-state index contributed by atoms with van der Waals surface area (Å²) in [5, 5.41) is 22.6. The monoisotopic (exact) mass is 523 g/mol. The number of aromatic amines is 1. The number of amides is 1. The molecule has 1 amide bonds. The van der Waals surface area contributed by atoms with Crippen molar-refractivity contribution < 1.29 is 18.0 Å². The quantitative estimate of drug-likeness (QED) is 0.394. The van der Waals surface area contributed by atoms with Crippen molar-refractivity contribution in [2.45, 2.75) is 44.6 Å². The lowest BCUT2D eigenvalue weighted by Gasteiger charge is -2.23. The maximum atomic E-state index is 14.0. The molecule has 0 aliphatic carbocycles. The van der Waals surface area contributed by atoms with Crippen LogP contribution in [0.25, 0.3) is 33.3 Å². The third kappa shape index (κ3) is 4.01. The van der Waals surface area contributed by atoms with Gasteiger partial charge >= 0.3 is 6.18 Å². The van der Waals surface area contributed by atoms with Crippen LogP contribution in [-0.4, -0.2) is 60.5 Å². The van der Waals surface area contributed by atoms with Crippen molar-refractivity contribution in [3.05, 3.63) is 41.7 Å². The normalized spacial score (nSPS) is 17.0. The number of H-pyrrole nitrogens is 1. The Labute approximate surface area is 215 Å². The van der Waals surface area contributed by atoms with Crippen molar-refractivity contribution in [2.75, 3.05) is 20.1 Å². The summed E-state index contributed by atoms with van der Waals surface area (Å²) < 4.78 is 44.9. The first-order chi connectivity index (χ1) is 18.2. The number of nitrogens with zero attached hydrogens (tertiary/aromatic N) is 7. The van der Waals surface area contributed by atoms with Gasteiger partial charge in [-0.25, -0.2) is 4.98 Å². The topological polar surface area (TPSA) is 120 Å². The standard InChI is InChI=1S/C25H24F3N9O/c1-35-13-19-22(20(9-29)37(33-19)15-2-5-30-6-3-15)14-8-16-17(11-32-24(16)31-10-14)18-12-36(7-4-21(35)38)34-23(18)25(26,27)28/h8,10-12,15,30H,2-7,13H2,1H3,(H,31,32). The number of hydrogen-bond donors (Lipinski definition) is 2. The van der Waals surface area contributed by atoms with Gasteiger partial charge in [0.1, 0.15) is 17.4 Å². The minimum absolute atomic E-state index is 0.0141. The Bertz CT molecular complexity index is 1580. The van der Waals surface area contributed by atoms with Gasteiger partial charge in [-0.3, -0.25) is 14.2 Å². The third-order valence-electron chi connectivity index (χ3n) is 7.25. The van der Waals surface area contributed by atoms with Crippen molar-refractivity contribution in [3.63, 3.8) is 0 Å². The minimum Gasteiger partial charge on any atom is -0.346 e. The molecule has 38 heavy (non-hydrogen) atoms. The van der Waals surface area contributed by atoms with Crippen LogP contribution >= 0.6 is 0 Å². The van der Waals surface area contributed by atoms with E-state index in [1.54, 1.807) is 24.0 Å². The van der Waals surface area contributed by atoms with Crippen molar-refractivity contribution in [1.82, 2.24) is 39.7 Å². The van der Waals surface area contributed by atoms with Gasteiger partial charge in [-0.15, -0.1) is 0 Å². The highest BCUT2D eigenvalue weighted by molar-refractivity contribution is 5.96. The first kappa shape index (κ1) is 24.2. The molecule has 2 aliphatic heterocycles. The molecule has 0 saturated carbocycles. The zero-order valence-electron chi connectivity index (χ0n) is 20.5. The van der Waals surface area contributed by atoms with E-state index in [1.807, 2.05) is 0 Å². The van der Waals surface area contributed by atoms with Crippen LogP contribution in [0.15, 0.2) is 24.7 Å². The van der Waals surface area contributed by atoms with E-state index in [0.29, 0.717) is 39.1 Å². The average molecular weight is 524 g/mol. The van der Waals surface area contributed by atoms with Gasteiger partial charge in [0.15, 0.2) is 5.69 Å². The van der Waals surface area contributed by atoms with Crippen LogP contribution in [0.5, 0.6) is 0 Å². The number of rotatable bonds is 1. The molecule has 13 heteroatoms. The van der Waals surface area contributed by atoms with Crippen LogP contribution in [0.2, 0.25) is 0 Å². The van der Waals surface area contributed by atoms with E-state index in [2.05, 4.69) is 26.5 Å². The van der Waals surface area contributed by atoms with Gasteiger partial charge in [0.25, 0.3) is 0 Å². The fraction of sp³-hybridized carbons (Fsp3) is 0.400. The number of fused-ring (bicyclic) bond motifs is 6. The summed E-state index contributed by atoms with van der Waals surface area (Å²) in [6.07, 6.45) is 1.24. The smallest absolute Gasteiger partial charge is 0.346 e. The molecule has 0 radical (unpaired) electrons. The van der Waals surface area contributed by atoms with E-state index < -0.39 is 11.9 Å². The number of aromatic nitrogens is 6. The van der Waals surface area contributed by atoms with Gasteiger partial charge in [0.05, 0.1) is 18.3 Å². The number of hydrogen-bond acceptors (Lipinski definition) is 6. The lowest BCUT2D eigenvalue weighted by molar-refractivity contribution is -0.141. The summed E-state index contributed by atoms with van der Waals surface area (Å²) in [4.78, 5) is 21.9. The molecule has 4 bridgehead atoms. The van der Waals surface area contributed by atoms with Gasteiger partial charge in [-0.1, -0.05) is 0 Å². The summed E-state index contributed by atoms with van der Waals surface area (Å²) in [6, 6.07) is 4.04. The molecule has 1 fully saturated rings. The van der Waals surface area contributed by atoms with Crippen molar-refractivity contribution in [1.29, 1.82) is 5.26 Å². The molecular formula is C25H24F3N9O. The fourth-order valence-electron chi connectivity index (χ4n) is 5.34. The summed E-state index contributed by atoms with van der Waals surface area (Å²) in [5.74, 6) is -0.274. The number of carbonyl (C=O) groups excluding carboxylic acids is 1. The average Bonchev–Trinajstić information content (AvgIpc) is 3.61. The maximum Gasteiger partial charge on any atom is 0.435 e. The number of aryl methyl sites for hydroxylation is 1. The van der Waals surface area contributed by atoms with E-state index in [9.17, 15) is 23.2 Å². The number of alkyl halides is 3. The Morgan fingerprint density at radius 3 is 2.71 bits per heavy atom. The molecule has 6 rings (SSSR count). The van der Waals surface area contributed by atoms with Gasteiger partial charge in [0, 0.05) is 66.2 Å². The molecule has 10 nitrogen and oxygen atoms in total. The molecule has 0 unspecified atom stereocenters. The Kier molecular flexibility index (Phi) is 5.71. The van der Waals surface area contributed by atoms with Crippen molar-refractivity contribution in [2.24, 2.45) is 0 Å². The van der Waals surface area contributed by atoms with Crippen LogP contribution in [0.1, 0.15) is 42.4 Å². The number of halogens is 3. The van der Waals surface area contributed by atoms with Crippen LogP contribution < -0.4 is 5.32 Å². The molecular weight excluding hydrogens is 499 g/mol. The van der Waals surface area contributed by atoms with E-state index in [4.69, 9.17) is 5.10 Å². The molecule has 196 valence electrons. The second-order valence-electron chi connectivity index (χ2n) is 9.68. The Morgan fingerprint density at radius 1 is 1.18 bits per heavy atom. The summed E-state index contributed by atoms with van der Waals surface area (Å²) >= 11 is 0. The SMILES string of the molecule is CN1Cc2nn(C3CCNCC3)c(C#N)c2-c2cnc3[nH]cc(c3c2)-c2cn(nc2C(F)(F)F)CCC1=O. The van der Waals surface area contributed by atoms with Crippen LogP contribution in [0.4, 0.5) is 13.2 Å². The number of pyridine rings is 1. The number of nitrogens with one attached hydrogen (secondary N) is 2. The molecule has 1 saturated heterocycles. The fourth-order valence-corrected chi connectivity index (χ4v) is 5.34. The van der Waals surface area contributed by atoms with Crippen molar-refractivity contribution >= 4 is 16.9 Å². The van der Waals surface area contributed by atoms with E-state index in [1.165, 1.54) is 17.3 Å². The van der Waals surface area contributed by atoms with Crippen molar-refractivity contribution in [3.8, 4) is 28.3 Å². The molecule has 0 atom stereocenters. The van der Waals surface area contributed by atoms with E-state index in [-0.39, 0.29) is 37.0 Å². The summed E-state index contributed by atoms with van der Waals surface area (Å²) in [6.45, 7) is 1.72.